The quantitative estimate of drug-likeness (QED) is 0.0199. The average molecular weight is 1500 g/mol. The van der Waals surface area contributed by atoms with E-state index in [4.69, 9.17) is 28.4 Å². The van der Waals surface area contributed by atoms with Gasteiger partial charge in [0.25, 0.3) is 0 Å². The lowest BCUT2D eigenvalue weighted by molar-refractivity contribution is -0.379. The smallest absolute Gasteiger partial charge is 0.220 e. The summed E-state index contributed by atoms with van der Waals surface area (Å²) in [6.45, 7) is 1.64. The molecule has 0 radical (unpaired) electrons. The van der Waals surface area contributed by atoms with Gasteiger partial charge in [0.2, 0.25) is 5.91 Å². The van der Waals surface area contributed by atoms with Crippen LogP contribution in [0.3, 0.4) is 0 Å². The molecule has 0 spiro atoms. The number of carbonyl (C=O) groups is 1. The van der Waals surface area contributed by atoms with Crippen molar-refractivity contribution in [1.82, 2.24) is 5.32 Å². The third kappa shape index (κ3) is 45.5. The first kappa shape index (κ1) is 97.2. The van der Waals surface area contributed by atoms with Crippen LogP contribution in [0.1, 0.15) is 328 Å². The van der Waals surface area contributed by atoms with Gasteiger partial charge in [0.05, 0.1) is 38.6 Å². The van der Waals surface area contributed by atoms with Crippen molar-refractivity contribution < 1.29 is 89.4 Å². The van der Waals surface area contributed by atoms with Crippen LogP contribution < -0.4 is 5.32 Å². The van der Waals surface area contributed by atoms with E-state index in [1.807, 2.05) is 6.08 Å². The third-order valence-electron chi connectivity index (χ3n) is 20.9. The summed E-state index contributed by atoms with van der Waals surface area (Å²) in [5.41, 5.74) is 0. The lowest BCUT2D eigenvalue weighted by atomic mass is 9.96. The number of amides is 1. The minimum absolute atomic E-state index is 0.233. The Hall–Kier alpha value is -3.03. The van der Waals surface area contributed by atoms with E-state index in [-0.39, 0.29) is 18.9 Å². The third-order valence-corrected chi connectivity index (χ3v) is 20.9. The molecule has 106 heavy (non-hydrogen) atoms. The van der Waals surface area contributed by atoms with Crippen molar-refractivity contribution in [2.45, 2.75) is 433 Å². The van der Waals surface area contributed by atoms with Crippen molar-refractivity contribution in [3.8, 4) is 0 Å². The fraction of sp³-hybridized carbons (Fsp3) is 0.828. The maximum Gasteiger partial charge on any atom is 0.220 e. The fourth-order valence-corrected chi connectivity index (χ4v) is 14.1. The molecule has 616 valence electrons. The molecule has 17 atom stereocenters. The number of nitrogens with one attached hydrogen (secondary N) is 1. The van der Waals surface area contributed by atoms with Gasteiger partial charge in [-0.05, 0) is 83.5 Å². The molecule has 3 heterocycles. The van der Waals surface area contributed by atoms with Crippen LogP contribution in [0, 0.1) is 0 Å². The van der Waals surface area contributed by atoms with Crippen LogP contribution in [0.2, 0.25) is 0 Å². The molecule has 17 unspecified atom stereocenters. The first-order valence-corrected chi connectivity index (χ1v) is 42.8. The zero-order valence-corrected chi connectivity index (χ0v) is 66.2. The van der Waals surface area contributed by atoms with Crippen LogP contribution in [0.5, 0.6) is 0 Å². The minimum Gasteiger partial charge on any atom is -0.394 e. The second kappa shape index (κ2) is 66.6. The van der Waals surface area contributed by atoms with E-state index in [1.165, 1.54) is 225 Å². The van der Waals surface area contributed by atoms with Crippen LogP contribution in [0.4, 0.5) is 0 Å². The molecule has 19 heteroatoms. The minimum atomic E-state index is -1.99. The van der Waals surface area contributed by atoms with E-state index in [9.17, 15) is 61.0 Å². The zero-order chi connectivity index (χ0) is 76.7. The maximum absolute atomic E-state index is 13.5. The van der Waals surface area contributed by atoms with Crippen LogP contribution in [-0.4, -0.2) is 193 Å². The Morgan fingerprint density at radius 1 is 0.349 bits per heavy atom. The summed E-state index contributed by atoms with van der Waals surface area (Å²) in [4.78, 5) is 13.5. The largest absolute Gasteiger partial charge is 0.394 e. The summed E-state index contributed by atoms with van der Waals surface area (Å²) < 4.78 is 34.5. The van der Waals surface area contributed by atoms with Crippen LogP contribution in [0.15, 0.2) is 85.1 Å². The van der Waals surface area contributed by atoms with Crippen molar-refractivity contribution in [1.29, 1.82) is 0 Å². The Bertz CT molecular complexity index is 2240. The van der Waals surface area contributed by atoms with Gasteiger partial charge in [-0.3, -0.25) is 4.79 Å². The number of hydrogen-bond donors (Lipinski definition) is 12. The van der Waals surface area contributed by atoms with Crippen LogP contribution in [0.25, 0.3) is 0 Å². The SMILES string of the molecule is CC/C=C\C/C=C\C/C=C\C/C=C\CCCCCCCCCCCCCCCCCCCCCCCCCCC(=O)NC(COC1OC(CO)C(OC2OC(CO)C(OC3OC(CO)C(O)C(O)C3O)C(O)C2O)C(O)C1O)C(O)/C=C/CC/C=C/CC/C=C/CCCCCCCCCCCCCCCC. The van der Waals surface area contributed by atoms with Crippen LogP contribution in [-0.2, 0) is 33.2 Å². The number of unbranched alkanes of at least 4 members (excludes halogenated alkanes) is 40. The molecule has 0 aliphatic carbocycles. The monoisotopic (exact) mass is 1500 g/mol. The molecule has 12 N–H and O–H groups in total. The molecule has 0 aromatic rings. The molecule has 3 rings (SSSR count). The Kier molecular flexibility index (Phi) is 61.0. The normalized spacial score (nSPS) is 26.1. The van der Waals surface area contributed by atoms with Gasteiger partial charge in [0, 0.05) is 6.42 Å². The lowest BCUT2D eigenvalue weighted by Gasteiger charge is -2.48. The summed E-state index contributed by atoms with van der Waals surface area (Å²) in [5, 5.41) is 121. The summed E-state index contributed by atoms with van der Waals surface area (Å²) in [6, 6.07) is -1.000. The maximum atomic E-state index is 13.5. The number of rotatable bonds is 68. The predicted octanol–water partition coefficient (Wildman–Crippen LogP) is 15.3. The Morgan fingerprint density at radius 2 is 0.660 bits per heavy atom. The van der Waals surface area contributed by atoms with Gasteiger partial charge in [0.1, 0.15) is 73.2 Å². The van der Waals surface area contributed by atoms with Gasteiger partial charge < -0.3 is 89.9 Å². The molecular formula is C87H155NO18. The topological polar surface area (TPSA) is 307 Å². The Balaban J connectivity index is 1.34. The summed E-state index contributed by atoms with van der Waals surface area (Å²) >= 11 is 0. The molecule has 0 aromatic heterocycles. The number of aliphatic hydroxyl groups is 11. The second-order valence-electron chi connectivity index (χ2n) is 30.2. The summed E-state index contributed by atoms with van der Waals surface area (Å²) in [5.74, 6) is -0.285. The van der Waals surface area contributed by atoms with E-state index in [1.54, 1.807) is 6.08 Å². The van der Waals surface area contributed by atoms with Gasteiger partial charge in [-0.15, -0.1) is 0 Å². The lowest BCUT2D eigenvalue weighted by Crippen LogP contribution is -2.66. The summed E-state index contributed by atoms with van der Waals surface area (Å²) in [7, 11) is 0. The highest BCUT2D eigenvalue weighted by atomic mass is 16.8. The number of hydrogen-bond acceptors (Lipinski definition) is 18. The molecule has 0 bridgehead atoms. The molecule has 0 saturated carbocycles. The van der Waals surface area contributed by atoms with Crippen molar-refractivity contribution in [2.75, 3.05) is 26.4 Å². The molecule has 3 saturated heterocycles. The average Bonchev–Trinajstić information content (AvgIpc) is 0.780. The molecule has 3 aliphatic heterocycles. The molecular weight excluding hydrogens is 1350 g/mol. The first-order valence-electron chi connectivity index (χ1n) is 42.8. The van der Waals surface area contributed by atoms with E-state index in [0.29, 0.717) is 12.8 Å². The van der Waals surface area contributed by atoms with Crippen molar-refractivity contribution in [3.63, 3.8) is 0 Å². The van der Waals surface area contributed by atoms with Gasteiger partial charge in [-0.1, -0.05) is 324 Å². The van der Waals surface area contributed by atoms with E-state index in [0.717, 1.165) is 70.6 Å². The highest BCUT2D eigenvalue weighted by Crippen LogP contribution is 2.33. The van der Waals surface area contributed by atoms with Gasteiger partial charge in [-0.2, -0.15) is 0 Å². The van der Waals surface area contributed by atoms with Crippen molar-refractivity contribution in [3.05, 3.63) is 85.1 Å². The first-order chi connectivity index (χ1) is 51.8. The summed E-state index contributed by atoms with van der Waals surface area (Å²) in [6.07, 6.45) is 63.1. The Morgan fingerprint density at radius 3 is 1.06 bits per heavy atom. The predicted molar refractivity (Wildman–Crippen MR) is 424 cm³/mol. The van der Waals surface area contributed by atoms with Gasteiger partial charge >= 0.3 is 0 Å². The standard InChI is InChI=1S/C87H155NO18/c1-3-5-7-9-11-13-15-17-19-21-23-25-27-29-30-31-32-33-34-35-36-37-38-39-40-41-43-45-47-49-51-53-55-57-59-61-63-65-75(93)88-70(71(92)64-62-60-58-56-54-52-50-48-46-44-42-28-26-24-22-20-18-16-14-12-10-8-6-4-2)69-101-85-81(99)78(96)83(73(67-90)103-85)106-87-82(100)79(97)84(74(68-91)104-87)105-86-80(98)77(95)76(94)72(66-89)102-86/h5,7,11,13,17,19,23,25,46,48,54,56,62,64,70-74,76-87,89-92,94-100H,3-4,6,8-10,12,14-16,18,20-22,24,26-45,47,49-53,55,57-61,63,65-69H2,1-2H3,(H,88,93)/b7-5-,13-11-,19-17-,25-23-,48-46+,56-54+,64-62+. The number of aliphatic hydroxyl groups excluding tert-OH is 11. The van der Waals surface area contributed by atoms with Crippen LogP contribution >= 0.6 is 0 Å². The molecule has 19 nitrogen and oxygen atoms in total. The Labute approximate surface area is 641 Å². The van der Waals surface area contributed by atoms with Gasteiger partial charge in [0.15, 0.2) is 18.9 Å². The van der Waals surface area contributed by atoms with E-state index < -0.39 is 124 Å². The highest BCUT2D eigenvalue weighted by molar-refractivity contribution is 5.76. The molecule has 3 fully saturated rings. The number of allylic oxidation sites excluding steroid dienone is 13. The molecule has 0 aromatic carbocycles. The second-order valence-corrected chi connectivity index (χ2v) is 30.2. The fourth-order valence-electron chi connectivity index (χ4n) is 14.1. The van der Waals surface area contributed by atoms with E-state index >= 15 is 0 Å². The zero-order valence-electron chi connectivity index (χ0n) is 66.2. The van der Waals surface area contributed by atoms with Gasteiger partial charge in [-0.25, -0.2) is 0 Å². The van der Waals surface area contributed by atoms with Crippen molar-refractivity contribution >= 4 is 5.91 Å². The molecule has 3 aliphatic rings. The van der Waals surface area contributed by atoms with E-state index in [2.05, 4.69) is 92.1 Å². The highest BCUT2D eigenvalue weighted by Gasteiger charge is 2.54. The molecule has 1 amide bonds. The van der Waals surface area contributed by atoms with Crippen molar-refractivity contribution in [2.24, 2.45) is 0 Å². The number of ether oxygens (including phenoxy) is 6. The number of carbonyl (C=O) groups excluding carboxylic acids is 1.